The molecule has 1 fully saturated rings. The molecule has 0 amide bonds. The van der Waals surface area contributed by atoms with Crippen LogP contribution < -0.4 is 0 Å². The second-order valence-corrected chi connectivity index (χ2v) is 13.6. The van der Waals surface area contributed by atoms with E-state index in [1.54, 1.807) is 6.20 Å². The fourth-order valence-electron chi connectivity index (χ4n) is 2.84. The second-order valence-electron chi connectivity index (χ2n) is 7.99. The molecule has 0 saturated carbocycles. The van der Waals surface area contributed by atoms with Crippen molar-refractivity contribution < 1.29 is 19.0 Å². The van der Waals surface area contributed by atoms with Gasteiger partial charge in [0.25, 0.3) is 0 Å². The Labute approximate surface area is 162 Å². The van der Waals surface area contributed by atoms with Crippen LogP contribution >= 0.6 is 0 Å². The van der Waals surface area contributed by atoms with E-state index in [0.29, 0.717) is 31.2 Å². The molecule has 9 heteroatoms. The molecular formula is C18H32N4O4Si. The Balaban J connectivity index is 2.15. The van der Waals surface area contributed by atoms with Crippen LogP contribution in [0, 0.1) is 0 Å². The minimum absolute atomic E-state index is 0.206. The van der Waals surface area contributed by atoms with E-state index in [-0.39, 0.29) is 12.8 Å². The molecule has 0 aromatic carbocycles. The topological polar surface area (TPSA) is 78.2 Å². The van der Waals surface area contributed by atoms with Crippen LogP contribution in [0.3, 0.4) is 0 Å². The number of aromatic nitrogens is 2. The fraction of sp³-hybridized carbons (Fsp3) is 0.722. The van der Waals surface area contributed by atoms with Gasteiger partial charge in [-0.05, 0) is 19.9 Å². The van der Waals surface area contributed by atoms with E-state index in [2.05, 4.69) is 41.6 Å². The molecule has 2 heterocycles. The highest BCUT2D eigenvalue weighted by molar-refractivity contribution is 6.76. The number of rotatable bonds is 7. The Kier molecular flexibility index (Phi) is 7.57. The van der Waals surface area contributed by atoms with E-state index >= 15 is 0 Å². The third-order valence-corrected chi connectivity index (χ3v) is 6.18. The number of ether oxygens (including phenoxy) is 3. The summed E-state index contributed by atoms with van der Waals surface area (Å²) in [6.07, 6.45) is 1.59. The molecule has 0 N–H and O–H groups in total. The largest absolute Gasteiger partial charge is 0.464 e. The van der Waals surface area contributed by atoms with Crippen LogP contribution in [0.1, 0.15) is 24.3 Å². The van der Waals surface area contributed by atoms with Gasteiger partial charge in [-0.15, -0.1) is 0 Å². The van der Waals surface area contributed by atoms with Crippen LogP contribution in [0.5, 0.6) is 0 Å². The SMILES string of the molecule is COC(=O)c1c(/N=C(\C)N2CCOC[C@H]2C)cnn1COCC[Si](C)(C)C. The van der Waals surface area contributed by atoms with Crippen molar-refractivity contribution in [1.82, 2.24) is 14.7 Å². The minimum atomic E-state index is -1.16. The zero-order chi connectivity index (χ0) is 20.0. The number of carbonyl (C=O) groups excluding carboxylic acids is 1. The second kappa shape index (κ2) is 9.47. The molecule has 0 spiro atoms. The fourth-order valence-corrected chi connectivity index (χ4v) is 3.59. The van der Waals surface area contributed by atoms with Crippen molar-refractivity contribution in [3.05, 3.63) is 11.9 Å². The maximum absolute atomic E-state index is 12.3. The van der Waals surface area contributed by atoms with E-state index in [1.807, 2.05) is 6.92 Å². The highest BCUT2D eigenvalue weighted by Gasteiger charge is 2.23. The average Bonchev–Trinajstić information content (AvgIpc) is 3.00. The quantitative estimate of drug-likeness (QED) is 0.232. The van der Waals surface area contributed by atoms with Gasteiger partial charge in [-0.2, -0.15) is 5.10 Å². The average molecular weight is 397 g/mol. The number of morpholine rings is 1. The molecule has 0 aliphatic carbocycles. The first kappa shape index (κ1) is 21.6. The third-order valence-electron chi connectivity index (χ3n) is 4.47. The molecular weight excluding hydrogens is 364 g/mol. The lowest BCUT2D eigenvalue weighted by molar-refractivity contribution is 0.0330. The van der Waals surface area contributed by atoms with Gasteiger partial charge in [-0.1, -0.05) is 19.6 Å². The first-order valence-electron chi connectivity index (χ1n) is 9.34. The number of carbonyl (C=O) groups is 1. The van der Waals surface area contributed by atoms with E-state index in [9.17, 15) is 4.79 Å². The van der Waals surface area contributed by atoms with Crippen LogP contribution in [0.4, 0.5) is 5.69 Å². The van der Waals surface area contributed by atoms with Crippen LogP contribution in [0.15, 0.2) is 11.2 Å². The molecule has 1 aromatic rings. The lowest BCUT2D eigenvalue weighted by Crippen LogP contribution is -2.46. The highest BCUT2D eigenvalue weighted by Crippen LogP contribution is 2.22. The monoisotopic (exact) mass is 396 g/mol. The van der Waals surface area contributed by atoms with Gasteiger partial charge >= 0.3 is 5.97 Å². The summed E-state index contributed by atoms with van der Waals surface area (Å²) in [6, 6.07) is 1.30. The van der Waals surface area contributed by atoms with Crippen LogP contribution in [0.25, 0.3) is 0 Å². The zero-order valence-electron chi connectivity index (χ0n) is 17.3. The summed E-state index contributed by atoms with van der Waals surface area (Å²) in [5.41, 5.74) is 0.803. The van der Waals surface area contributed by atoms with Gasteiger partial charge in [0.1, 0.15) is 18.3 Å². The normalized spacial score (nSPS) is 18.7. The Morgan fingerprint density at radius 2 is 2.19 bits per heavy atom. The standard InChI is InChI=1S/C18H32N4O4Si/c1-14-12-25-8-7-21(14)15(2)20-16-11-19-22(17(16)18(23)24-3)13-26-9-10-27(4,5)6/h11,14H,7-10,12-13H2,1-6H3/b20-15+/t14-/m1/s1. The summed E-state index contributed by atoms with van der Waals surface area (Å²) in [6.45, 7) is 13.9. The van der Waals surface area contributed by atoms with Crippen molar-refractivity contribution in [3.8, 4) is 0 Å². The van der Waals surface area contributed by atoms with Crippen LogP contribution in [-0.4, -0.2) is 74.1 Å². The first-order valence-corrected chi connectivity index (χ1v) is 13.0. The number of nitrogens with zero attached hydrogens (tertiary/aromatic N) is 4. The van der Waals surface area contributed by atoms with E-state index < -0.39 is 14.0 Å². The summed E-state index contributed by atoms with van der Waals surface area (Å²) in [7, 11) is 0.193. The van der Waals surface area contributed by atoms with Crippen molar-refractivity contribution in [3.63, 3.8) is 0 Å². The van der Waals surface area contributed by atoms with E-state index in [0.717, 1.165) is 18.4 Å². The predicted octanol–water partition coefficient (Wildman–Crippen LogP) is 2.75. The summed E-state index contributed by atoms with van der Waals surface area (Å²) >= 11 is 0. The summed E-state index contributed by atoms with van der Waals surface area (Å²) in [5.74, 6) is 0.359. The van der Waals surface area contributed by atoms with Crippen molar-refractivity contribution in [2.45, 2.75) is 52.3 Å². The number of aliphatic imine (C=N–C) groups is 1. The number of esters is 1. The van der Waals surface area contributed by atoms with Gasteiger partial charge < -0.3 is 19.1 Å². The third kappa shape index (κ3) is 6.15. The van der Waals surface area contributed by atoms with Gasteiger partial charge in [-0.3, -0.25) is 0 Å². The molecule has 0 unspecified atom stereocenters. The maximum atomic E-state index is 12.3. The summed E-state index contributed by atoms with van der Waals surface area (Å²) in [5, 5.41) is 4.29. The van der Waals surface area contributed by atoms with Crippen molar-refractivity contribution in [1.29, 1.82) is 0 Å². The van der Waals surface area contributed by atoms with Crippen molar-refractivity contribution >= 4 is 25.6 Å². The van der Waals surface area contributed by atoms with Gasteiger partial charge in [0.15, 0.2) is 5.69 Å². The Hall–Kier alpha value is -1.71. The van der Waals surface area contributed by atoms with E-state index in [1.165, 1.54) is 11.8 Å². The smallest absolute Gasteiger partial charge is 0.358 e. The molecule has 2 rings (SSSR count). The van der Waals surface area contributed by atoms with Gasteiger partial charge in [-0.25, -0.2) is 14.5 Å². The van der Waals surface area contributed by atoms with Gasteiger partial charge in [0.2, 0.25) is 0 Å². The first-order chi connectivity index (χ1) is 12.7. The Morgan fingerprint density at radius 1 is 1.44 bits per heavy atom. The molecule has 152 valence electrons. The molecule has 1 saturated heterocycles. The molecule has 0 radical (unpaired) electrons. The van der Waals surface area contributed by atoms with Gasteiger partial charge in [0, 0.05) is 21.2 Å². The highest BCUT2D eigenvalue weighted by atomic mass is 28.3. The molecule has 1 aliphatic heterocycles. The number of hydrogen-bond donors (Lipinski definition) is 0. The van der Waals surface area contributed by atoms with Crippen molar-refractivity contribution in [2.75, 3.05) is 33.5 Å². The number of methoxy groups -OCH3 is 1. The number of amidine groups is 1. The lowest BCUT2D eigenvalue weighted by atomic mass is 10.2. The molecule has 27 heavy (non-hydrogen) atoms. The summed E-state index contributed by atoms with van der Waals surface area (Å²) in [4.78, 5) is 19.1. The maximum Gasteiger partial charge on any atom is 0.358 e. The predicted molar refractivity (Wildman–Crippen MR) is 107 cm³/mol. The molecule has 8 nitrogen and oxygen atoms in total. The molecule has 1 atom stereocenters. The minimum Gasteiger partial charge on any atom is -0.464 e. The van der Waals surface area contributed by atoms with Crippen LogP contribution in [0.2, 0.25) is 25.7 Å². The Morgan fingerprint density at radius 3 is 2.81 bits per heavy atom. The van der Waals surface area contributed by atoms with Crippen molar-refractivity contribution in [2.24, 2.45) is 4.99 Å². The molecule has 1 aliphatic rings. The Bertz CT molecular complexity index is 669. The number of hydrogen-bond acceptors (Lipinski definition) is 6. The summed E-state index contributed by atoms with van der Waals surface area (Å²) < 4.78 is 17.7. The van der Waals surface area contributed by atoms with E-state index in [4.69, 9.17) is 14.2 Å². The lowest BCUT2D eigenvalue weighted by Gasteiger charge is -2.34. The van der Waals surface area contributed by atoms with Crippen LogP contribution in [-0.2, 0) is 20.9 Å². The molecule has 0 bridgehead atoms. The van der Waals surface area contributed by atoms with Gasteiger partial charge in [0.05, 0.1) is 32.6 Å². The zero-order valence-corrected chi connectivity index (χ0v) is 18.3. The molecule has 1 aromatic heterocycles.